The van der Waals surface area contributed by atoms with Crippen molar-refractivity contribution in [2.75, 3.05) is 4.90 Å². The summed E-state index contributed by atoms with van der Waals surface area (Å²) in [4.78, 5) is 2.39. The minimum Gasteiger partial charge on any atom is -0.458 e. The highest BCUT2D eigenvalue weighted by Gasteiger charge is 2.40. The van der Waals surface area contributed by atoms with Gasteiger partial charge in [-0.15, -0.1) is 0 Å². The van der Waals surface area contributed by atoms with Crippen LogP contribution in [0.1, 0.15) is 36.1 Å². The normalized spacial score (nSPS) is 15.1. The Bertz CT molecular complexity index is 1960. The fraction of sp³-hybridized carbons (Fsp3) is 0.135. The summed E-state index contributed by atoms with van der Waals surface area (Å²) in [5.74, 6) is 1.78. The molecule has 7 rings (SSSR count). The Balaban J connectivity index is 1.37. The molecule has 0 amide bonds. The second-order valence-corrected chi connectivity index (χ2v) is 16.4. The van der Waals surface area contributed by atoms with Crippen molar-refractivity contribution < 1.29 is 4.74 Å². The molecule has 2 aliphatic heterocycles. The minimum atomic E-state index is -2.23. The number of rotatable bonds is 2. The Kier molecular flexibility index (Phi) is 5.67. The number of anilines is 3. The zero-order valence-corrected chi connectivity index (χ0v) is 25.1. The third-order valence-electron chi connectivity index (χ3n) is 8.98. The van der Waals surface area contributed by atoms with Crippen LogP contribution in [0.4, 0.5) is 17.1 Å². The molecule has 5 heteroatoms. The van der Waals surface area contributed by atoms with Crippen LogP contribution in [0.2, 0.25) is 13.1 Å². The van der Waals surface area contributed by atoms with Crippen LogP contribution in [0.25, 0.3) is 11.1 Å². The molecule has 2 aliphatic rings. The average molecular weight is 560 g/mol. The number of nitrogens with zero attached hydrogens (tertiary/aromatic N) is 3. The summed E-state index contributed by atoms with van der Waals surface area (Å²) in [6.07, 6.45) is 0. The van der Waals surface area contributed by atoms with Crippen molar-refractivity contribution in [3.05, 3.63) is 125 Å². The molecule has 0 saturated carbocycles. The van der Waals surface area contributed by atoms with Gasteiger partial charge in [0.05, 0.1) is 34.6 Å². The topological polar surface area (TPSA) is 60.0 Å². The lowest BCUT2D eigenvalue weighted by molar-refractivity contribution is 0.487. The molecule has 0 bridgehead atoms. The number of hydrogen-bond acceptors (Lipinski definition) is 4. The van der Waals surface area contributed by atoms with Gasteiger partial charge in [-0.05, 0) is 81.2 Å². The quantitative estimate of drug-likeness (QED) is 0.205. The van der Waals surface area contributed by atoms with Crippen LogP contribution in [-0.2, 0) is 5.41 Å². The van der Waals surface area contributed by atoms with Crippen LogP contribution in [0, 0.1) is 22.7 Å². The summed E-state index contributed by atoms with van der Waals surface area (Å²) in [6.45, 7) is 9.34. The highest BCUT2D eigenvalue weighted by atomic mass is 28.3. The van der Waals surface area contributed by atoms with E-state index in [1.165, 1.54) is 32.9 Å². The number of benzene rings is 5. The second-order valence-electron chi connectivity index (χ2n) is 12.1. The summed E-state index contributed by atoms with van der Waals surface area (Å²) >= 11 is 0. The molecular formula is C37H29N3OSi. The van der Waals surface area contributed by atoms with Gasteiger partial charge in [0, 0.05) is 11.1 Å². The molecular weight excluding hydrogens is 531 g/mol. The molecule has 5 aromatic rings. The highest BCUT2D eigenvalue weighted by molar-refractivity contribution is 7.01. The summed E-state index contributed by atoms with van der Waals surface area (Å²) in [5.41, 5.74) is 8.78. The molecule has 2 heterocycles. The lowest BCUT2D eigenvalue weighted by Crippen LogP contribution is -2.56. The van der Waals surface area contributed by atoms with Crippen molar-refractivity contribution in [2.45, 2.75) is 32.4 Å². The van der Waals surface area contributed by atoms with Crippen LogP contribution in [-0.4, -0.2) is 8.07 Å². The van der Waals surface area contributed by atoms with E-state index in [9.17, 15) is 10.5 Å². The smallest absolute Gasteiger partial charge is 0.127 e. The Labute approximate surface area is 247 Å². The first-order valence-corrected chi connectivity index (χ1v) is 17.1. The van der Waals surface area contributed by atoms with Gasteiger partial charge in [0.2, 0.25) is 0 Å². The third-order valence-corrected chi connectivity index (χ3v) is 12.5. The first-order valence-electron chi connectivity index (χ1n) is 14.1. The molecule has 0 fully saturated rings. The van der Waals surface area contributed by atoms with E-state index in [1.54, 1.807) is 12.1 Å². The number of hydrogen-bond donors (Lipinski definition) is 0. The van der Waals surface area contributed by atoms with Gasteiger partial charge in [-0.25, -0.2) is 0 Å². The molecule has 202 valence electrons. The SMILES string of the molecule is CC1(C)c2ccccc2N(c2ccc3c(c2)[Si](C)(C)c2cc(-c4ccc(C#N)cc4C#N)ccc2O3)c2ccccc21. The molecule has 0 aliphatic carbocycles. The Morgan fingerprint density at radius 3 is 1.95 bits per heavy atom. The first kappa shape index (κ1) is 25.8. The van der Waals surface area contributed by atoms with Crippen LogP contribution in [0.3, 0.4) is 0 Å². The van der Waals surface area contributed by atoms with Crippen LogP contribution in [0.15, 0.2) is 103 Å². The maximum absolute atomic E-state index is 9.82. The molecule has 0 radical (unpaired) electrons. The van der Waals surface area contributed by atoms with Crippen molar-refractivity contribution in [1.29, 1.82) is 10.5 Å². The zero-order valence-electron chi connectivity index (χ0n) is 24.1. The van der Waals surface area contributed by atoms with Gasteiger partial charge < -0.3 is 9.64 Å². The lowest BCUT2D eigenvalue weighted by Gasteiger charge is -2.42. The zero-order chi connectivity index (χ0) is 29.2. The van der Waals surface area contributed by atoms with Crippen LogP contribution in [0.5, 0.6) is 11.5 Å². The summed E-state index contributed by atoms with van der Waals surface area (Å²) < 4.78 is 6.52. The largest absolute Gasteiger partial charge is 0.458 e. The van der Waals surface area contributed by atoms with E-state index in [-0.39, 0.29) is 5.41 Å². The van der Waals surface area contributed by atoms with E-state index in [4.69, 9.17) is 4.74 Å². The molecule has 0 N–H and O–H groups in total. The fourth-order valence-corrected chi connectivity index (χ4v) is 9.49. The van der Waals surface area contributed by atoms with E-state index < -0.39 is 8.07 Å². The highest BCUT2D eigenvalue weighted by Crippen LogP contribution is 2.51. The van der Waals surface area contributed by atoms with Crippen LogP contribution >= 0.6 is 0 Å². The van der Waals surface area contributed by atoms with E-state index in [1.807, 2.05) is 18.2 Å². The minimum absolute atomic E-state index is 0.113. The summed E-state index contributed by atoms with van der Waals surface area (Å²) in [5, 5.41) is 21.6. The molecule has 0 atom stereocenters. The average Bonchev–Trinajstić information content (AvgIpc) is 3.01. The van der Waals surface area contributed by atoms with Gasteiger partial charge in [0.1, 0.15) is 19.6 Å². The van der Waals surface area contributed by atoms with Crippen molar-refractivity contribution in [1.82, 2.24) is 0 Å². The monoisotopic (exact) mass is 559 g/mol. The standard InChI is InChI=1S/C37H29N3OSi/c1-37(2)29-9-5-7-11-31(29)40(32-12-8-6-10-30(32)37)27-15-18-34-36(21-27)42(3,4)35-20-25(14-17-33(35)41-34)28-16-13-24(22-38)19-26(28)23-39/h5-21H,1-4H3. The lowest BCUT2D eigenvalue weighted by atomic mass is 9.73. The molecule has 4 nitrogen and oxygen atoms in total. The Morgan fingerprint density at radius 1 is 0.690 bits per heavy atom. The molecule has 0 saturated heterocycles. The molecule has 5 aromatic carbocycles. The number of para-hydroxylation sites is 2. The Morgan fingerprint density at radius 2 is 1.31 bits per heavy atom. The maximum atomic E-state index is 9.82. The van der Waals surface area contributed by atoms with Gasteiger partial charge in [0.15, 0.2) is 0 Å². The Hall–Kier alpha value is -5.10. The van der Waals surface area contributed by atoms with Crippen LogP contribution < -0.4 is 20.0 Å². The number of fused-ring (bicyclic) bond motifs is 4. The fourth-order valence-electron chi connectivity index (χ4n) is 6.68. The van der Waals surface area contributed by atoms with Crippen molar-refractivity contribution in [3.63, 3.8) is 0 Å². The van der Waals surface area contributed by atoms with Crippen molar-refractivity contribution in [2.24, 2.45) is 0 Å². The first-order chi connectivity index (χ1) is 20.2. The van der Waals surface area contributed by atoms with Crippen molar-refractivity contribution >= 4 is 35.5 Å². The number of nitriles is 2. The van der Waals surface area contributed by atoms with Gasteiger partial charge in [-0.1, -0.05) is 81.5 Å². The van der Waals surface area contributed by atoms with E-state index in [0.717, 1.165) is 28.3 Å². The molecule has 42 heavy (non-hydrogen) atoms. The van der Waals surface area contributed by atoms with E-state index >= 15 is 0 Å². The molecule has 0 spiro atoms. The van der Waals surface area contributed by atoms with E-state index in [0.29, 0.717) is 11.1 Å². The van der Waals surface area contributed by atoms with Gasteiger partial charge in [0.25, 0.3) is 0 Å². The predicted octanol–water partition coefficient (Wildman–Crippen LogP) is 8.13. The molecule has 0 aromatic heterocycles. The van der Waals surface area contributed by atoms with Crippen molar-refractivity contribution in [3.8, 4) is 34.8 Å². The van der Waals surface area contributed by atoms with E-state index in [2.05, 4.69) is 117 Å². The van der Waals surface area contributed by atoms with Gasteiger partial charge in [-0.3, -0.25) is 0 Å². The summed E-state index contributed by atoms with van der Waals surface area (Å²) in [7, 11) is -2.23. The predicted molar refractivity (Wildman–Crippen MR) is 171 cm³/mol. The maximum Gasteiger partial charge on any atom is 0.127 e. The number of ether oxygens (including phenoxy) is 1. The van der Waals surface area contributed by atoms with Gasteiger partial charge in [-0.2, -0.15) is 10.5 Å². The third kappa shape index (κ3) is 3.71. The molecule has 0 unspecified atom stereocenters. The van der Waals surface area contributed by atoms with Gasteiger partial charge >= 0.3 is 0 Å². The second kappa shape index (κ2) is 9.21. The summed E-state index contributed by atoms with van der Waals surface area (Å²) in [6, 6.07) is 40.0.